The maximum absolute atomic E-state index is 12.4. The molecule has 0 spiro atoms. The fraction of sp³-hybridized carbons (Fsp3) is 0.611. The van der Waals surface area contributed by atoms with Crippen LogP contribution in [0, 0.1) is 5.92 Å². The molecule has 1 aliphatic heterocycles. The van der Waals surface area contributed by atoms with Gasteiger partial charge in [-0.3, -0.25) is 0 Å². The highest BCUT2D eigenvalue weighted by Crippen LogP contribution is 2.22. The smallest absolute Gasteiger partial charge is 0.317 e. The van der Waals surface area contributed by atoms with Gasteiger partial charge < -0.3 is 19.7 Å². The zero-order valence-corrected chi connectivity index (χ0v) is 14.4. The third kappa shape index (κ3) is 5.13. The van der Waals surface area contributed by atoms with Gasteiger partial charge in [-0.15, -0.1) is 0 Å². The van der Waals surface area contributed by atoms with Crippen molar-refractivity contribution < 1.29 is 14.3 Å². The largest absolute Gasteiger partial charge is 0.497 e. The van der Waals surface area contributed by atoms with Crippen LogP contribution in [-0.2, 0) is 4.74 Å². The standard InChI is InChI=1S/C18H28N2O3/c1-14(16-5-4-6-17(13-16)23-3)19-18(21)20-10-7-15(8-11-20)9-12-22-2/h4-6,13-15H,7-12H2,1-3H3,(H,19,21)/t14-/m0/s1. The van der Waals surface area contributed by atoms with E-state index in [1.54, 1.807) is 14.2 Å². The summed E-state index contributed by atoms with van der Waals surface area (Å²) in [4.78, 5) is 14.3. The lowest BCUT2D eigenvalue weighted by Gasteiger charge is -2.32. The molecule has 23 heavy (non-hydrogen) atoms. The first kappa shape index (κ1) is 17.6. The molecule has 0 bridgehead atoms. The Bertz CT molecular complexity index is 499. The zero-order valence-electron chi connectivity index (χ0n) is 14.4. The number of hydrogen-bond acceptors (Lipinski definition) is 3. The van der Waals surface area contributed by atoms with Crippen LogP contribution in [0.15, 0.2) is 24.3 Å². The van der Waals surface area contributed by atoms with Crippen LogP contribution >= 0.6 is 0 Å². The van der Waals surface area contributed by atoms with Gasteiger partial charge in [0.15, 0.2) is 0 Å². The molecule has 2 rings (SSSR count). The maximum atomic E-state index is 12.4. The van der Waals surface area contributed by atoms with E-state index in [1.807, 2.05) is 36.1 Å². The lowest BCUT2D eigenvalue weighted by molar-refractivity contribution is 0.138. The summed E-state index contributed by atoms with van der Waals surface area (Å²) in [5.41, 5.74) is 1.05. The summed E-state index contributed by atoms with van der Waals surface area (Å²) in [7, 11) is 3.39. The molecule has 0 saturated carbocycles. The molecule has 1 aromatic rings. The number of carbonyl (C=O) groups is 1. The van der Waals surface area contributed by atoms with Crippen LogP contribution in [0.3, 0.4) is 0 Å². The van der Waals surface area contributed by atoms with Crippen LogP contribution in [-0.4, -0.2) is 44.8 Å². The van der Waals surface area contributed by atoms with Gasteiger partial charge in [0.25, 0.3) is 0 Å². The van der Waals surface area contributed by atoms with Gasteiger partial charge in [-0.1, -0.05) is 12.1 Å². The Morgan fingerprint density at radius 1 is 1.35 bits per heavy atom. The van der Waals surface area contributed by atoms with E-state index in [9.17, 15) is 4.79 Å². The number of methoxy groups -OCH3 is 2. The van der Waals surface area contributed by atoms with Crippen molar-refractivity contribution in [1.82, 2.24) is 10.2 Å². The highest BCUT2D eigenvalue weighted by Gasteiger charge is 2.23. The Labute approximate surface area is 139 Å². The molecule has 1 heterocycles. The highest BCUT2D eigenvalue weighted by molar-refractivity contribution is 5.74. The SMILES string of the molecule is COCCC1CCN(C(=O)N[C@@H](C)c2cccc(OC)c2)CC1. The fourth-order valence-corrected chi connectivity index (χ4v) is 2.98. The maximum Gasteiger partial charge on any atom is 0.317 e. The average molecular weight is 320 g/mol. The molecule has 0 aliphatic carbocycles. The van der Waals surface area contributed by atoms with Crippen molar-refractivity contribution in [3.05, 3.63) is 29.8 Å². The number of nitrogens with zero attached hydrogens (tertiary/aromatic N) is 1. The van der Waals surface area contributed by atoms with Gasteiger partial charge in [0.2, 0.25) is 0 Å². The number of hydrogen-bond donors (Lipinski definition) is 1. The van der Waals surface area contributed by atoms with Crippen molar-refractivity contribution in [3.63, 3.8) is 0 Å². The second-order valence-electron chi connectivity index (χ2n) is 6.16. The van der Waals surface area contributed by atoms with Crippen molar-refractivity contribution in [2.24, 2.45) is 5.92 Å². The molecule has 0 aromatic heterocycles. The topological polar surface area (TPSA) is 50.8 Å². The van der Waals surface area contributed by atoms with Gasteiger partial charge in [-0.05, 0) is 49.8 Å². The number of urea groups is 1. The second-order valence-corrected chi connectivity index (χ2v) is 6.16. The van der Waals surface area contributed by atoms with Gasteiger partial charge in [0.1, 0.15) is 5.75 Å². The normalized spacial score (nSPS) is 16.9. The predicted octanol–water partition coefficient (Wildman–Crippen LogP) is 3.21. The first-order valence-corrected chi connectivity index (χ1v) is 8.32. The molecule has 1 aromatic carbocycles. The van der Waals surface area contributed by atoms with Crippen LogP contribution in [0.25, 0.3) is 0 Å². The first-order chi connectivity index (χ1) is 11.1. The minimum Gasteiger partial charge on any atom is -0.497 e. The number of carbonyl (C=O) groups excluding carboxylic acids is 1. The monoisotopic (exact) mass is 320 g/mol. The minimum absolute atomic E-state index is 0.0190. The number of piperidine rings is 1. The molecule has 128 valence electrons. The summed E-state index contributed by atoms with van der Waals surface area (Å²) < 4.78 is 10.4. The fourth-order valence-electron chi connectivity index (χ4n) is 2.98. The number of benzene rings is 1. The second kappa shape index (κ2) is 8.77. The number of amides is 2. The van der Waals surface area contributed by atoms with Gasteiger partial charge >= 0.3 is 6.03 Å². The number of ether oxygens (including phenoxy) is 2. The van der Waals surface area contributed by atoms with E-state index in [-0.39, 0.29) is 12.1 Å². The molecule has 5 nitrogen and oxygen atoms in total. The Morgan fingerprint density at radius 3 is 2.74 bits per heavy atom. The Morgan fingerprint density at radius 2 is 2.09 bits per heavy atom. The Balaban J connectivity index is 1.82. The van der Waals surface area contributed by atoms with Gasteiger partial charge in [-0.25, -0.2) is 4.79 Å². The van der Waals surface area contributed by atoms with Crippen LogP contribution in [0.1, 0.15) is 37.8 Å². The molecule has 5 heteroatoms. The minimum atomic E-state index is -0.0381. The quantitative estimate of drug-likeness (QED) is 0.875. The van der Waals surface area contributed by atoms with E-state index in [4.69, 9.17) is 9.47 Å². The molecule has 0 radical (unpaired) electrons. The predicted molar refractivity (Wildman–Crippen MR) is 90.7 cm³/mol. The molecule has 1 saturated heterocycles. The molecule has 0 unspecified atom stereocenters. The summed E-state index contributed by atoms with van der Waals surface area (Å²) >= 11 is 0. The van der Waals surface area contributed by atoms with Crippen molar-refractivity contribution in [3.8, 4) is 5.75 Å². The van der Waals surface area contributed by atoms with Crippen molar-refractivity contribution in [1.29, 1.82) is 0 Å². The molecule has 1 atom stereocenters. The van der Waals surface area contributed by atoms with E-state index < -0.39 is 0 Å². The lowest BCUT2D eigenvalue weighted by Crippen LogP contribution is -2.45. The van der Waals surface area contributed by atoms with Crippen LogP contribution in [0.5, 0.6) is 5.75 Å². The number of rotatable bonds is 6. The zero-order chi connectivity index (χ0) is 16.7. The van der Waals surface area contributed by atoms with Crippen molar-refractivity contribution >= 4 is 6.03 Å². The first-order valence-electron chi connectivity index (χ1n) is 8.32. The third-order valence-corrected chi connectivity index (χ3v) is 4.57. The average Bonchev–Trinajstić information content (AvgIpc) is 2.60. The van der Waals surface area contributed by atoms with Crippen LogP contribution in [0.4, 0.5) is 4.79 Å². The highest BCUT2D eigenvalue weighted by atomic mass is 16.5. The van der Waals surface area contributed by atoms with Gasteiger partial charge in [0, 0.05) is 26.8 Å². The molecule has 1 aliphatic rings. The van der Waals surface area contributed by atoms with E-state index in [0.717, 1.165) is 50.3 Å². The van der Waals surface area contributed by atoms with E-state index in [0.29, 0.717) is 5.92 Å². The van der Waals surface area contributed by atoms with Gasteiger partial charge in [-0.2, -0.15) is 0 Å². The van der Waals surface area contributed by atoms with Crippen LogP contribution < -0.4 is 10.1 Å². The summed E-state index contributed by atoms with van der Waals surface area (Å²) in [6.45, 7) is 4.46. The van der Waals surface area contributed by atoms with E-state index in [1.165, 1.54) is 0 Å². The number of nitrogens with one attached hydrogen (secondary N) is 1. The van der Waals surface area contributed by atoms with Crippen molar-refractivity contribution in [2.75, 3.05) is 33.9 Å². The Hall–Kier alpha value is -1.75. The van der Waals surface area contributed by atoms with E-state index >= 15 is 0 Å². The molecular weight excluding hydrogens is 292 g/mol. The third-order valence-electron chi connectivity index (χ3n) is 4.57. The molecular formula is C18H28N2O3. The number of likely N-dealkylation sites (tertiary alicyclic amines) is 1. The van der Waals surface area contributed by atoms with Crippen LogP contribution in [0.2, 0.25) is 0 Å². The van der Waals surface area contributed by atoms with Gasteiger partial charge in [0.05, 0.1) is 13.2 Å². The van der Waals surface area contributed by atoms with E-state index in [2.05, 4.69) is 5.32 Å². The Kier molecular flexibility index (Phi) is 6.71. The molecule has 1 N–H and O–H groups in total. The summed E-state index contributed by atoms with van der Waals surface area (Å²) in [5, 5.41) is 3.08. The lowest BCUT2D eigenvalue weighted by atomic mass is 9.94. The summed E-state index contributed by atoms with van der Waals surface area (Å²) in [6.07, 6.45) is 3.21. The summed E-state index contributed by atoms with van der Waals surface area (Å²) in [5.74, 6) is 1.48. The molecule has 1 fully saturated rings. The van der Waals surface area contributed by atoms with Crippen molar-refractivity contribution in [2.45, 2.75) is 32.2 Å². The summed E-state index contributed by atoms with van der Waals surface area (Å²) in [6, 6.07) is 7.79. The molecule has 2 amide bonds.